The number of rotatable bonds is 4. The summed E-state index contributed by atoms with van der Waals surface area (Å²) in [4.78, 5) is 10.1. The Morgan fingerprint density at radius 3 is 2.56 bits per heavy atom. The fourth-order valence-corrected chi connectivity index (χ4v) is 3.21. The molecule has 0 aliphatic carbocycles. The summed E-state index contributed by atoms with van der Waals surface area (Å²) in [7, 11) is 0. The summed E-state index contributed by atoms with van der Waals surface area (Å²) in [5.74, 6) is 0. The second kappa shape index (κ2) is 7.24. The molecule has 0 N–H and O–H groups in total. The van der Waals surface area contributed by atoms with Crippen LogP contribution in [0.3, 0.4) is 0 Å². The molecular formula is C22H16N2S. The number of aliphatic imine (C=N–C) groups is 1. The Balaban J connectivity index is 1.53. The van der Waals surface area contributed by atoms with Crippen LogP contribution in [0.1, 0.15) is 16.0 Å². The van der Waals surface area contributed by atoms with E-state index in [-0.39, 0.29) is 0 Å². The Morgan fingerprint density at radius 1 is 0.840 bits per heavy atom. The van der Waals surface area contributed by atoms with Gasteiger partial charge in [0.15, 0.2) is 0 Å². The highest BCUT2D eigenvalue weighted by Crippen LogP contribution is 2.20. The minimum Gasteiger partial charge on any atom is -0.256 e. The van der Waals surface area contributed by atoms with Crippen LogP contribution in [0.15, 0.2) is 83.3 Å². The van der Waals surface area contributed by atoms with Crippen LogP contribution in [-0.4, -0.2) is 11.2 Å². The maximum Gasteiger partial charge on any atom is 0.0707 e. The summed E-state index contributed by atoms with van der Waals surface area (Å²) in [5, 5.41) is 3.22. The Hall–Kier alpha value is -3.04. The lowest BCUT2D eigenvalue weighted by Gasteiger charge is -2.01. The fourth-order valence-electron chi connectivity index (χ4n) is 2.62. The zero-order chi connectivity index (χ0) is 16.9. The second-order valence-electron chi connectivity index (χ2n) is 5.62. The predicted octanol–water partition coefficient (Wildman–Crippen LogP) is 6.22. The van der Waals surface area contributed by atoms with E-state index in [2.05, 4.69) is 51.8 Å². The molecule has 4 rings (SSSR count). The zero-order valence-corrected chi connectivity index (χ0v) is 14.4. The number of para-hydroxylation sites is 1. The van der Waals surface area contributed by atoms with E-state index in [1.807, 2.05) is 54.9 Å². The van der Waals surface area contributed by atoms with Crippen molar-refractivity contribution in [1.82, 2.24) is 4.98 Å². The van der Waals surface area contributed by atoms with Gasteiger partial charge in [-0.1, -0.05) is 48.6 Å². The summed E-state index contributed by atoms with van der Waals surface area (Å²) < 4.78 is 0. The van der Waals surface area contributed by atoms with Crippen LogP contribution in [0, 0.1) is 0 Å². The SMILES string of the molecule is C(=Nc1ccc(/C=C/c2ccnc3ccccc23)cc1)c1cccs1. The highest BCUT2D eigenvalue weighted by molar-refractivity contribution is 7.11. The lowest BCUT2D eigenvalue weighted by molar-refractivity contribution is 1.41. The van der Waals surface area contributed by atoms with E-state index in [1.54, 1.807) is 11.3 Å². The standard InChI is InChI=1S/C22H16N2S/c1-2-6-22-21(5-1)18(13-14-23-22)10-7-17-8-11-19(12-9-17)24-16-20-4-3-15-25-20/h1-16H/b10-7+,24-16?. The van der Waals surface area contributed by atoms with Crippen molar-refractivity contribution < 1.29 is 0 Å². The average Bonchev–Trinajstić information content (AvgIpc) is 3.19. The topological polar surface area (TPSA) is 25.2 Å². The normalized spacial score (nSPS) is 11.7. The van der Waals surface area contributed by atoms with Crippen molar-refractivity contribution >= 4 is 46.3 Å². The van der Waals surface area contributed by atoms with Crippen molar-refractivity contribution in [3.8, 4) is 0 Å². The van der Waals surface area contributed by atoms with Crippen molar-refractivity contribution in [2.45, 2.75) is 0 Å². The molecule has 0 aliphatic rings. The smallest absolute Gasteiger partial charge is 0.0707 e. The molecule has 0 bridgehead atoms. The molecule has 0 amide bonds. The number of hydrogen-bond donors (Lipinski definition) is 0. The third-order valence-corrected chi connectivity index (χ3v) is 4.72. The minimum atomic E-state index is 0.958. The van der Waals surface area contributed by atoms with E-state index in [4.69, 9.17) is 0 Å². The van der Waals surface area contributed by atoms with E-state index in [0.717, 1.165) is 21.6 Å². The van der Waals surface area contributed by atoms with Crippen LogP contribution in [0.5, 0.6) is 0 Å². The van der Waals surface area contributed by atoms with Crippen molar-refractivity contribution in [3.05, 3.63) is 94.3 Å². The van der Waals surface area contributed by atoms with Gasteiger partial charge in [0.05, 0.1) is 11.2 Å². The molecule has 0 atom stereocenters. The molecule has 2 aromatic heterocycles. The monoisotopic (exact) mass is 340 g/mol. The van der Waals surface area contributed by atoms with Gasteiger partial charge in [0.1, 0.15) is 0 Å². The van der Waals surface area contributed by atoms with Gasteiger partial charge in [0, 0.05) is 22.7 Å². The Kier molecular flexibility index (Phi) is 4.49. The molecule has 25 heavy (non-hydrogen) atoms. The first kappa shape index (κ1) is 15.5. The maximum atomic E-state index is 4.50. The van der Waals surface area contributed by atoms with Gasteiger partial charge in [-0.05, 0) is 46.8 Å². The maximum absolute atomic E-state index is 4.50. The number of hydrogen-bond acceptors (Lipinski definition) is 3. The third-order valence-electron chi connectivity index (χ3n) is 3.92. The van der Waals surface area contributed by atoms with Crippen LogP contribution in [0.4, 0.5) is 5.69 Å². The summed E-state index contributed by atoms with van der Waals surface area (Å²) in [6.45, 7) is 0. The second-order valence-corrected chi connectivity index (χ2v) is 6.60. The Bertz CT molecular complexity index is 1020. The van der Waals surface area contributed by atoms with Gasteiger partial charge in [-0.25, -0.2) is 0 Å². The van der Waals surface area contributed by atoms with E-state index in [1.165, 1.54) is 10.9 Å². The molecule has 0 fully saturated rings. The van der Waals surface area contributed by atoms with E-state index >= 15 is 0 Å². The Morgan fingerprint density at radius 2 is 1.72 bits per heavy atom. The summed E-state index contributed by atoms with van der Waals surface area (Å²) in [5.41, 5.74) is 4.30. The number of aromatic nitrogens is 1. The van der Waals surface area contributed by atoms with E-state index < -0.39 is 0 Å². The first-order valence-corrected chi connectivity index (χ1v) is 8.96. The summed E-state index contributed by atoms with van der Waals surface area (Å²) >= 11 is 1.69. The first-order chi connectivity index (χ1) is 12.4. The molecule has 2 heterocycles. The highest BCUT2D eigenvalue weighted by Gasteiger charge is 1.97. The largest absolute Gasteiger partial charge is 0.256 e. The molecule has 0 aliphatic heterocycles. The lowest BCUT2D eigenvalue weighted by Crippen LogP contribution is -1.81. The number of fused-ring (bicyclic) bond motifs is 1. The fraction of sp³-hybridized carbons (Fsp3) is 0. The van der Waals surface area contributed by atoms with E-state index in [0.29, 0.717) is 0 Å². The molecule has 0 radical (unpaired) electrons. The molecule has 0 saturated carbocycles. The van der Waals surface area contributed by atoms with Gasteiger partial charge in [-0.15, -0.1) is 11.3 Å². The molecule has 120 valence electrons. The van der Waals surface area contributed by atoms with Gasteiger partial charge >= 0.3 is 0 Å². The number of pyridine rings is 1. The number of benzene rings is 2. The van der Waals surface area contributed by atoms with Crippen molar-refractivity contribution in [3.63, 3.8) is 0 Å². The Labute approximate surface area is 150 Å². The van der Waals surface area contributed by atoms with E-state index in [9.17, 15) is 0 Å². The van der Waals surface area contributed by atoms with Crippen LogP contribution in [-0.2, 0) is 0 Å². The molecule has 0 spiro atoms. The molecule has 4 aromatic rings. The summed E-state index contributed by atoms with van der Waals surface area (Å²) in [6.07, 6.45) is 8.01. The van der Waals surface area contributed by atoms with Crippen molar-refractivity contribution in [1.29, 1.82) is 0 Å². The zero-order valence-electron chi connectivity index (χ0n) is 13.5. The van der Waals surface area contributed by atoms with Crippen molar-refractivity contribution in [2.24, 2.45) is 4.99 Å². The van der Waals surface area contributed by atoms with Crippen LogP contribution < -0.4 is 0 Å². The summed E-state index contributed by atoms with van der Waals surface area (Å²) in [6, 6.07) is 22.6. The molecule has 0 unspecified atom stereocenters. The minimum absolute atomic E-state index is 0.958. The van der Waals surface area contributed by atoms with Gasteiger partial charge in [-0.2, -0.15) is 0 Å². The molecule has 2 aromatic carbocycles. The van der Waals surface area contributed by atoms with Gasteiger partial charge in [-0.3, -0.25) is 9.98 Å². The highest BCUT2D eigenvalue weighted by atomic mass is 32.1. The van der Waals surface area contributed by atoms with Gasteiger partial charge < -0.3 is 0 Å². The van der Waals surface area contributed by atoms with Crippen LogP contribution >= 0.6 is 11.3 Å². The predicted molar refractivity (Wildman–Crippen MR) is 109 cm³/mol. The molecule has 3 heteroatoms. The quantitative estimate of drug-likeness (QED) is 0.405. The van der Waals surface area contributed by atoms with Gasteiger partial charge in [0.2, 0.25) is 0 Å². The average molecular weight is 340 g/mol. The molecule has 0 saturated heterocycles. The number of nitrogens with zero attached hydrogens (tertiary/aromatic N) is 2. The first-order valence-electron chi connectivity index (χ1n) is 8.08. The van der Waals surface area contributed by atoms with Crippen LogP contribution in [0.25, 0.3) is 23.1 Å². The van der Waals surface area contributed by atoms with Crippen LogP contribution in [0.2, 0.25) is 0 Å². The lowest BCUT2D eigenvalue weighted by atomic mass is 10.1. The third kappa shape index (κ3) is 3.73. The molecular weight excluding hydrogens is 324 g/mol. The van der Waals surface area contributed by atoms with Crippen molar-refractivity contribution in [2.75, 3.05) is 0 Å². The van der Waals surface area contributed by atoms with Gasteiger partial charge in [0.25, 0.3) is 0 Å². The number of thiophene rings is 1. The molecule has 2 nitrogen and oxygen atoms in total.